The smallest absolute Gasteiger partial charge is 0.150 e. The molecule has 2 nitrogen and oxygen atoms in total. The molecule has 1 rings (SSSR count). The third kappa shape index (κ3) is 2.66. The van der Waals surface area contributed by atoms with Crippen molar-refractivity contribution >= 4 is 5.78 Å². The number of benzene rings is 1. The van der Waals surface area contributed by atoms with E-state index >= 15 is 0 Å². The molecule has 0 aliphatic rings. The lowest BCUT2D eigenvalue weighted by atomic mass is 9.93. The van der Waals surface area contributed by atoms with Gasteiger partial charge in [-0.25, -0.2) is 0 Å². The molecule has 1 aromatic rings. The van der Waals surface area contributed by atoms with E-state index in [1.165, 1.54) is 12.5 Å². The quantitative estimate of drug-likeness (QED) is 0.824. The fourth-order valence-corrected chi connectivity index (χ4v) is 1.57. The predicted octanol–water partition coefficient (Wildman–Crippen LogP) is 2.71. The minimum atomic E-state index is -0.483. The molecular formula is C13H19NO. The summed E-state index contributed by atoms with van der Waals surface area (Å²) < 4.78 is 0. The van der Waals surface area contributed by atoms with Gasteiger partial charge in [0.1, 0.15) is 0 Å². The Morgan fingerprint density at radius 1 is 1.33 bits per heavy atom. The van der Waals surface area contributed by atoms with Crippen LogP contribution in [0.5, 0.6) is 0 Å². The zero-order valence-electron chi connectivity index (χ0n) is 9.87. The first kappa shape index (κ1) is 11.9. The molecule has 0 aliphatic carbocycles. The second-order valence-electron chi connectivity index (χ2n) is 4.36. The molecule has 0 bridgehead atoms. The lowest BCUT2D eigenvalue weighted by Gasteiger charge is -2.15. The molecule has 1 atom stereocenters. The standard InChI is InChI=1S/C13H19NO/c1-8(2)11-6-5-9(3)12(7-11)13(14)10(4)15/h5-8,13H,14H2,1-4H3. The number of carbonyl (C=O) groups is 1. The first-order valence-corrected chi connectivity index (χ1v) is 5.30. The fourth-order valence-electron chi connectivity index (χ4n) is 1.57. The van der Waals surface area contributed by atoms with Crippen LogP contribution in [-0.4, -0.2) is 5.78 Å². The van der Waals surface area contributed by atoms with Crippen LogP contribution < -0.4 is 5.73 Å². The van der Waals surface area contributed by atoms with E-state index in [-0.39, 0.29) is 5.78 Å². The monoisotopic (exact) mass is 205 g/mol. The Morgan fingerprint density at radius 3 is 2.40 bits per heavy atom. The molecule has 0 aromatic heterocycles. The van der Waals surface area contributed by atoms with Crippen LogP contribution in [0.2, 0.25) is 0 Å². The highest BCUT2D eigenvalue weighted by Gasteiger charge is 2.14. The van der Waals surface area contributed by atoms with Gasteiger partial charge >= 0.3 is 0 Å². The summed E-state index contributed by atoms with van der Waals surface area (Å²) in [4.78, 5) is 11.3. The summed E-state index contributed by atoms with van der Waals surface area (Å²) in [6.07, 6.45) is 0. The number of aryl methyl sites for hydroxylation is 1. The molecule has 1 unspecified atom stereocenters. The number of hydrogen-bond acceptors (Lipinski definition) is 2. The molecule has 15 heavy (non-hydrogen) atoms. The van der Waals surface area contributed by atoms with Gasteiger partial charge in [-0.2, -0.15) is 0 Å². The van der Waals surface area contributed by atoms with Gasteiger partial charge in [0.15, 0.2) is 5.78 Å². The highest BCUT2D eigenvalue weighted by molar-refractivity contribution is 5.83. The van der Waals surface area contributed by atoms with Gasteiger partial charge in [-0.15, -0.1) is 0 Å². The number of Topliss-reactive ketones (excluding diaryl/α,β-unsaturated/α-hetero) is 1. The summed E-state index contributed by atoms with van der Waals surface area (Å²) in [5.41, 5.74) is 9.12. The third-order valence-corrected chi connectivity index (χ3v) is 2.74. The molecule has 0 radical (unpaired) electrons. The lowest BCUT2D eigenvalue weighted by Crippen LogP contribution is -2.19. The molecule has 0 amide bonds. The number of hydrogen-bond donors (Lipinski definition) is 1. The van der Waals surface area contributed by atoms with Gasteiger partial charge in [0.05, 0.1) is 6.04 Å². The van der Waals surface area contributed by atoms with Crippen molar-refractivity contribution in [2.24, 2.45) is 5.73 Å². The molecule has 1 aromatic carbocycles. The SMILES string of the molecule is CC(=O)C(N)c1cc(C(C)C)ccc1C. The van der Waals surface area contributed by atoms with Crippen LogP contribution in [0.15, 0.2) is 18.2 Å². The summed E-state index contributed by atoms with van der Waals surface area (Å²) in [7, 11) is 0. The van der Waals surface area contributed by atoms with Gasteiger partial charge in [-0.05, 0) is 36.5 Å². The van der Waals surface area contributed by atoms with Crippen LogP contribution in [0.1, 0.15) is 49.4 Å². The summed E-state index contributed by atoms with van der Waals surface area (Å²) in [5, 5.41) is 0. The Morgan fingerprint density at radius 2 is 1.93 bits per heavy atom. The van der Waals surface area contributed by atoms with Gasteiger partial charge in [-0.1, -0.05) is 32.0 Å². The van der Waals surface area contributed by atoms with E-state index in [0.717, 1.165) is 11.1 Å². The van der Waals surface area contributed by atoms with E-state index in [1.807, 2.05) is 19.1 Å². The Labute approximate surface area is 91.5 Å². The summed E-state index contributed by atoms with van der Waals surface area (Å²) in [5.74, 6) is 0.475. The number of rotatable bonds is 3. The van der Waals surface area contributed by atoms with Crippen LogP contribution in [0.25, 0.3) is 0 Å². The summed E-state index contributed by atoms with van der Waals surface area (Å²) in [6.45, 7) is 7.79. The molecule has 0 aliphatic heterocycles. The number of nitrogens with two attached hydrogens (primary N) is 1. The van der Waals surface area contributed by atoms with Gasteiger partial charge in [0, 0.05) is 0 Å². The Hall–Kier alpha value is -1.15. The maximum Gasteiger partial charge on any atom is 0.150 e. The van der Waals surface area contributed by atoms with Crippen molar-refractivity contribution in [1.82, 2.24) is 0 Å². The van der Waals surface area contributed by atoms with Crippen LogP contribution in [-0.2, 0) is 4.79 Å². The molecule has 0 saturated heterocycles. The highest BCUT2D eigenvalue weighted by Crippen LogP contribution is 2.22. The topological polar surface area (TPSA) is 43.1 Å². The highest BCUT2D eigenvalue weighted by atomic mass is 16.1. The average Bonchev–Trinajstić information content (AvgIpc) is 2.16. The molecule has 0 fully saturated rings. The minimum Gasteiger partial charge on any atom is -0.318 e. The first-order valence-electron chi connectivity index (χ1n) is 5.30. The maximum absolute atomic E-state index is 11.3. The molecule has 2 N–H and O–H groups in total. The van der Waals surface area contributed by atoms with Crippen LogP contribution in [0, 0.1) is 6.92 Å². The largest absolute Gasteiger partial charge is 0.318 e. The van der Waals surface area contributed by atoms with Crippen molar-refractivity contribution in [3.05, 3.63) is 34.9 Å². The Bertz CT molecular complexity index is 369. The van der Waals surface area contributed by atoms with E-state index in [0.29, 0.717) is 5.92 Å². The normalized spacial score (nSPS) is 12.9. The van der Waals surface area contributed by atoms with Gasteiger partial charge in [0.2, 0.25) is 0 Å². The zero-order valence-corrected chi connectivity index (χ0v) is 9.87. The Balaban J connectivity index is 3.16. The van der Waals surface area contributed by atoms with Crippen molar-refractivity contribution < 1.29 is 4.79 Å². The molecule has 0 heterocycles. The third-order valence-electron chi connectivity index (χ3n) is 2.74. The van der Waals surface area contributed by atoms with E-state index < -0.39 is 6.04 Å². The lowest BCUT2D eigenvalue weighted by molar-refractivity contribution is -0.118. The van der Waals surface area contributed by atoms with Crippen molar-refractivity contribution in [2.45, 2.75) is 39.7 Å². The maximum atomic E-state index is 11.3. The second-order valence-corrected chi connectivity index (χ2v) is 4.36. The van der Waals surface area contributed by atoms with Crippen molar-refractivity contribution in [3.8, 4) is 0 Å². The van der Waals surface area contributed by atoms with Crippen molar-refractivity contribution in [1.29, 1.82) is 0 Å². The molecule has 2 heteroatoms. The molecule has 0 spiro atoms. The van der Waals surface area contributed by atoms with Crippen molar-refractivity contribution in [2.75, 3.05) is 0 Å². The second kappa shape index (κ2) is 4.58. The molecular weight excluding hydrogens is 186 g/mol. The first-order chi connectivity index (χ1) is 6.93. The van der Waals surface area contributed by atoms with Gasteiger partial charge < -0.3 is 5.73 Å². The van der Waals surface area contributed by atoms with Crippen LogP contribution >= 0.6 is 0 Å². The van der Waals surface area contributed by atoms with Crippen molar-refractivity contribution in [3.63, 3.8) is 0 Å². The molecule has 0 saturated carbocycles. The van der Waals surface area contributed by atoms with Crippen LogP contribution in [0.4, 0.5) is 0 Å². The molecule has 82 valence electrons. The van der Waals surface area contributed by atoms with Gasteiger partial charge in [0.25, 0.3) is 0 Å². The predicted molar refractivity (Wildman–Crippen MR) is 62.9 cm³/mol. The summed E-state index contributed by atoms with van der Waals surface area (Å²) in [6, 6.07) is 5.69. The fraction of sp³-hybridized carbons (Fsp3) is 0.462. The zero-order chi connectivity index (χ0) is 11.6. The number of ketones is 1. The van der Waals surface area contributed by atoms with E-state index in [1.54, 1.807) is 0 Å². The minimum absolute atomic E-state index is 0.0130. The number of carbonyl (C=O) groups excluding carboxylic acids is 1. The van der Waals surface area contributed by atoms with Crippen LogP contribution in [0.3, 0.4) is 0 Å². The van der Waals surface area contributed by atoms with Gasteiger partial charge in [-0.3, -0.25) is 4.79 Å². The average molecular weight is 205 g/mol. The van der Waals surface area contributed by atoms with E-state index in [2.05, 4.69) is 19.9 Å². The van der Waals surface area contributed by atoms with E-state index in [9.17, 15) is 4.79 Å². The Kier molecular flexibility index (Phi) is 3.64. The van der Waals surface area contributed by atoms with E-state index in [4.69, 9.17) is 5.73 Å². The summed E-state index contributed by atoms with van der Waals surface area (Å²) >= 11 is 0.